The molecule has 0 fully saturated rings. The van der Waals surface area contributed by atoms with Crippen molar-refractivity contribution >= 4 is 21.9 Å². The molecule has 204 valence electrons. The van der Waals surface area contributed by atoms with Crippen LogP contribution in [0.4, 0.5) is 30.7 Å². The van der Waals surface area contributed by atoms with Crippen LogP contribution in [0.3, 0.4) is 0 Å². The molecule has 0 saturated carbocycles. The van der Waals surface area contributed by atoms with E-state index in [9.17, 15) is 30.6 Å². The lowest BCUT2D eigenvalue weighted by molar-refractivity contribution is -0.152. The molecule has 37 heavy (non-hydrogen) atoms. The normalized spacial score (nSPS) is 15.3. The monoisotopic (exact) mass is 550 g/mol. The Kier molecular flexibility index (Phi) is 7.66. The van der Waals surface area contributed by atoms with Crippen molar-refractivity contribution in [3.63, 3.8) is 0 Å². The van der Waals surface area contributed by atoms with E-state index in [1.165, 1.54) is 43.5 Å². The maximum Gasteiger partial charge on any atom is 0.417 e. The zero-order valence-corrected chi connectivity index (χ0v) is 22.1. The SMILES string of the molecule is CC(C)(C)Cn1cc([C@H](N[S@@](=O)C(C)(C)C)C(F)(F)F)c2ccc(-c3ccccc3C(F)(F)F)c(F)c21. The third-order valence-electron chi connectivity index (χ3n) is 5.60. The number of alkyl halides is 6. The van der Waals surface area contributed by atoms with Crippen LogP contribution < -0.4 is 4.72 Å². The quantitative estimate of drug-likeness (QED) is 0.320. The van der Waals surface area contributed by atoms with Crippen molar-refractivity contribution in [1.29, 1.82) is 0 Å². The number of fused-ring (bicyclic) bond motifs is 1. The predicted octanol–water partition coefficient (Wildman–Crippen LogP) is 8.17. The van der Waals surface area contributed by atoms with E-state index in [1.807, 2.05) is 0 Å². The zero-order chi connectivity index (χ0) is 28.1. The first-order valence-corrected chi connectivity index (χ1v) is 12.6. The van der Waals surface area contributed by atoms with Gasteiger partial charge in [0.05, 0.1) is 26.8 Å². The van der Waals surface area contributed by atoms with Crippen molar-refractivity contribution in [3.8, 4) is 11.1 Å². The van der Waals surface area contributed by atoms with Gasteiger partial charge in [0.1, 0.15) is 6.04 Å². The molecule has 2 aromatic carbocycles. The number of hydrogen-bond donors (Lipinski definition) is 1. The predicted molar refractivity (Wildman–Crippen MR) is 132 cm³/mol. The van der Waals surface area contributed by atoms with Gasteiger partial charge in [0.25, 0.3) is 0 Å². The molecule has 0 saturated heterocycles. The molecule has 3 nitrogen and oxygen atoms in total. The van der Waals surface area contributed by atoms with Crippen LogP contribution in [0, 0.1) is 11.2 Å². The number of nitrogens with zero attached hydrogens (tertiary/aromatic N) is 1. The Morgan fingerprint density at radius 1 is 0.892 bits per heavy atom. The van der Waals surface area contributed by atoms with Crippen molar-refractivity contribution in [2.45, 2.75) is 71.2 Å². The third-order valence-corrected chi connectivity index (χ3v) is 7.16. The maximum atomic E-state index is 16.0. The minimum absolute atomic E-state index is 0.0811. The van der Waals surface area contributed by atoms with Gasteiger partial charge in [-0.15, -0.1) is 0 Å². The van der Waals surface area contributed by atoms with Crippen LogP contribution in [0.25, 0.3) is 22.0 Å². The van der Waals surface area contributed by atoms with Crippen molar-refractivity contribution in [2.24, 2.45) is 5.41 Å². The first-order chi connectivity index (χ1) is 16.7. The standard InChI is InChI=1S/C26H29F7N2OS/c1-23(2,3)14-35-13-18(22(26(31,32)33)34-37(36)24(4,5)6)17-12-11-16(20(27)21(17)35)15-9-7-8-10-19(15)25(28,29)30/h7-13,22,34H,14H2,1-6H3/t22-,37-/m0/s1. The summed E-state index contributed by atoms with van der Waals surface area (Å²) < 4.78 is 115. The summed E-state index contributed by atoms with van der Waals surface area (Å²) in [5, 5.41) is -0.129. The fourth-order valence-corrected chi connectivity index (χ4v) is 4.84. The molecule has 0 spiro atoms. The molecule has 2 atom stereocenters. The fraction of sp³-hybridized carbons (Fsp3) is 0.462. The second-order valence-electron chi connectivity index (χ2n) is 11.1. The van der Waals surface area contributed by atoms with Crippen LogP contribution in [-0.4, -0.2) is 19.7 Å². The van der Waals surface area contributed by atoms with E-state index in [4.69, 9.17) is 0 Å². The summed E-state index contributed by atoms with van der Waals surface area (Å²) in [5.41, 5.74) is -2.98. The molecular formula is C26H29F7N2OS. The lowest BCUT2D eigenvalue weighted by Gasteiger charge is -2.26. The average Bonchev–Trinajstić information content (AvgIpc) is 3.06. The molecule has 1 N–H and O–H groups in total. The van der Waals surface area contributed by atoms with Gasteiger partial charge in [-0.1, -0.05) is 51.1 Å². The summed E-state index contributed by atoms with van der Waals surface area (Å²) in [4.78, 5) is 0. The van der Waals surface area contributed by atoms with Crippen LogP contribution in [0.1, 0.15) is 58.7 Å². The third kappa shape index (κ3) is 6.37. The van der Waals surface area contributed by atoms with Gasteiger partial charge in [-0.25, -0.2) is 13.3 Å². The van der Waals surface area contributed by atoms with Crippen molar-refractivity contribution in [1.82, 2.24) is 9.29 Å². The highest BCUT2D eigenvalue weighted by atomic mass is 32.2. The molecule has 1 heterocycles. The van der Waals surface area contributed by atoms with E-state index in [-0.39, 0.29) is 28.6 Å². The van der Waals surface area contributed by atoms with E-state index >= 15 is 4.39 Å². The molecule has 0 aliphatic rings. The molecule has 3 rings (SSSR count). The highest BCUT2D eigenvalue weighted by Gasteiger charge is 2.45. The smallest absolute Gasteiger partial charge is 0.344 e. The van der Waals surface area contributed by atoms with Crippen molar-refractivity contribution in [2.75, 3.05) is 0 Å². The molecule has 0 radical (unpaired) electrons. The Hall–Kier alpha value is -2.40. The number of hydrogen-bond acceptors (Lipinski definition) is 1. The first kappa shape index (κ1) is 29.2. The van der Waals surface area contributed by atoms with E-state index in [0.717, 1.165) is 24.4 Å². The number of halogens is 7. The molecule has 0 aliphatic carbocycles. The second-order valence-corrected chi connectivity index (χ2v) is 13.1. The topological polar surface area (TPSA) is 34.0 Å². The molecule has 3 aromatic rings. The highest BCUT2D eigenvalue weighted by Crippen LogP contribution is 2.43. The summed E-state index contributed by atoms with van der Waals surface area (Å²) in [6.07, 6.45) is -8.51. The number of rotatable bonds is 5. The van der Waals surface area contributed by atoms with Gasteiger partial charge in [0.2, 0.25) is 0 Å². The Morgan fingerprint density at radius 3 is 2.00 bits per heavy atom. The van der Waals surface area contributed by atoms with Crippen LogP contribution in [0.2, 0.25) is 0 Å². The van der Waals surface area contributed by atoms with E-state index in [1.54, 1.807) is 20.8 Å². The summed E-state index contributed by atoms with van der Waals surface area (Å²) in [6, 6.07) is 4.31. The summed E-state index contributed by atoms with van der Waals surface area (Å²) >= 11 is 0. The first-order valence-electron chi connectivity index (χ1n) is 11.4. The Labute approximate surface area is 213 Å². The summed E-state index contributed by atoms with van der Waals surface area (Å²) in [5.74, 6) is -1.07. The lowest BCUT2D eigenvalue weighted by atomic mass is 9.95. The van der Waals surface area contributed by atoms with Gasteiger partial charge in [-0.3, -0.25) is 0 Å². The highest BCUT2D eigenvalue weighted by molar-refractivity contribution is 7.84. The minimum atomic E-state index is -4.89. The van der Waals surface area contributed by atoms with E-state index < -0.39 is 56.5 Å². The Bertz CT molecular complexity index is 1310. The van der Waals surface area contributed by atoms with Crippen molar-refractivity contribution < 1.29 is 34.9 Å². The molecule has 11 heteroatoms. The van der Waals surface area contributed by atoms with Gasteiger partial charge in [0.15, 0.2) is 5.82 Å². The van der Waals surface area contributed by atoms with Gasteiger partial charge >= 0.3 is 12.4 Å². The van der Waals surface area contributed by atoms with E-state index in [0.29, 0.717) is 0 Å². The molecule has 0 aliphatic heterocycles. The van der Waals surface area contributed by atoms with Gasteiger partial charge in [-0.2, -0.15) is 26.3 Å². The lowest BCUT2D eigenvalue weighted by Crippen LogP contribution is -2.41. The molecular weight excluding hydrogens is 521 g/mol. The van der Waals surface area contributed by atoms with Crippen LogP contribution in [0.15, 0.2) is 42.6 Å². The second kappa shape index (κ2) is 9.72. The fourth-order valence-electron chi connectivity index (χ4n) is 4.01. The number of benzene rings is 2. The van der Waals surface area contributed by atoms with Crippen LogP contribution in [0.5, 0.6) is 0 Å². The summed E-state index contributed by atoms with van der Waals surface area (Å²) in [6.45, 7) is 10.0. The molecule has 0 amide bonds. The maximum absolute atomic E-state index is 16.0. The van der Waals surface area contributed by atoms with Crippen molar-refractivity contribution in [3.05, 3.63) is 59.5 Å². The van der Waals surface area contributed by atoms with Gasteiger partial charge in [0, 0.05) is 29.3 Å². The average molecular weight is 551 g/mol. The largest absolute Gasteiger partial charge is 0.417 e. The molecule has 1 aromatic heterocycles. The Balaban J connectivity index is 2.34. The Morgan fingerprint density at radius 2 is 1.49 bits per heavy atom. The zero-order valence-electron chi connectivity index (χ0n) is 21.2. The number of nitrogens with one attached hydrogen (secondary N) is 1. The summed E-state index contributed by atoms with van der Waals surface area (Å²) in [7, 11) is -2.12. The van der Waals surface area contributed by atoms with Crippen LogP contribution >= 0.6 is 0 Å². The molecule has 0 unspecified atom stereocenters. The molecule has 0 bridgehead atoms. The number of aromatic nitrogens is 1. The van der Waals surface area contributed by atoms with E-state index in [2.05, 4.69) is 4.72 Å². The van der Waals surface area contributed by atoms with Gasteiger partial charge < -0.3 is 4.57 Å². The van der Waals surface area contributed by atoms with Gasteiger partial charge in [-0.05, 0) is 37.8 Å². The van der Waals surface area contributed by atoms with Crippen LogP contribution in [-0.2, 0) is 23.7 Å². The minimum Gasteiger partial charge on any atom is -0.344 e.